The summed E-state index contributed by atoms with van der Waals surface area (Å²) in [6.45, 7) is 11.7. The highest BCUT2D eigenvalue weighted by Crippen LogP contribution is 2.26. The normalized spacial score (nSPS) is 12.8. The third kappa shape index (κ3) is 8.73. The van der Waals surface area contributed by atoms with Gasteiger partial charge < -0.3 is 26.0 Å². The molecule has 0 bridgehead atoms. The van der Waals surface area contributed by atoms with E-state index < -0.39 is 54.5 Å². The summed E-state index contributed by atoms with van der Waals surface area (Å²) in [5.41, 5.74) is 6.68. The Hall–Kier alpha value is -3.61. The molecule has 1 aromatic carbocycles. The van der Waals surface area contributed by atoms with Crippen LogP contribution in [0.15, 0.2) is 18.2 Å². The van der Waals surface area contributed by atoms with E-state index in [-0.39, 0.29) is 6.04 Å². The predicted molar refractivity (Wildman–Crippen MR) is 126 cm³/mol. The van der Waals surface area contributed by atoms with Gasteiger partial charge in [-0.15, -0.1) is 0 Å². The van der Waals surface area contributed by atoms with Gasteiger partial charge in [0.05, 0.1) is 12.5 Å². The number of carbonyl (C=O) groups is 4. The van der Waals surface area contributed by atoms with Gasteiger partial charge in [-0.3, -0.25) is 14.4 Å². The van der Waals surface area contributed by atoms with Gasteiger partial charge in [-0.2, -0.15) is 5.26 Å². The first-order valence-electron chi connectivity index (χ1n) is 11.0. The fraction of sp³-hybridized carbons (Fsp3) is 0.542. The topological polar surface area (TPSA) is 155 Å². The van der Waals surface area contributed by atoms with Crippen molar-refractivity contribution in [2.45, 2.75) is 78.6 Å². The number of nitriles is 1. The molecule has 0 saturated carbocycles. The van der Waals surface area contributed by atoms with Crippen LogP contribution in [0.2, 0.25) is 0 Å². The summed E-state index contributed by atoms with van der Waals surface area (Å²) >= 11 is 0. The second-order valence-corrected chi connectivity index (χ2v) is 9.42. The van der Waals surface area contributed by atoms with Crippen molar-refractivity contribution in [2.75, 3.05) is 6.54 Å². The first-order chi connectivity index (χ1) is 15.7. The summed E-state index contributed by atoms with van der Waals surface area (Å²) in [6.07, 6.45) is -1.47. The van der Waals surface area contributed by atoms with Gasteiger partial charge in [-0.1, -0.05) is 23.8 Å². The molecule has 0 radical (unpaired) electrons. The number of hydrogen-bond acceptors (Lipinski definition) is 6. The van der Waals surface area contributed by atoms with E-state index in [9.17, 15) is 24.4 Å². The van der Waals surface area contributed by atoms with Gasteiger partial charge in [0, 0.05) is 6.04 Å². The lowest BCUT2D eigenvalue weighted by atomic mass is 9.96. The molecule has 4 N–H and O–H groups in total. The van der Waals surface area contributed by atoms with Crippen molar-refractivity contribution in [1.29, 1.82) is 5.26 Å². The highest BCUT2D eigenvalue weighted by Gasteiger charge is 2.37. The molecule has 34 heavy (non-hydrogen) atoms. The van der Waals surface area contributed by atoms with E-state index in [1.54, 1.807) is 53.7 Å². The van der Waals surface area contributed by atoms with Gasteiger partial charge in [0.25, 0.3) is 0 Å². The van der Waals surface area contributed by atoms with Crippen LogP contribution in [0.3, 0.4) is 0 Å². The van der Waals surface area contributed by atoms with Crippen molar-refractivity contribution in [1.82, 2.24) is 15.5 Å². The van der Waals surface area contributed by atoms with E-state index >= 15 is 0 Å². The third-order valence-electron chi connectivity index (χ3n) is 4.63. The Morgan fingerprint density at radius 2 is 1.76 bits per heavy atom. The molecule has 10 heteroatoms. The van der Waals surface area contributed by atoms with Crippen molar-refractivity contribution in [2.24, 2.45) is 5.73 Å². The number of benzene rings is 1. The van der Waals surface area contributed by atoms with Gasteiger partial charge in [-0.05, 0) is 59.6 Å². The second-order valence-electron chi connectivity index (χ2n) is 9.42. The van der Waals surface area contributed by atoms with Crippen LogP contribution in [0.5, 0.6) is 0 Å². The lowest BCUT2D eigenvalue weighted by molar-refractivity contribution is -0.142. The number of nitrogens with zero attached hydrogens (tertiary/aromatic N) is 2. The zero-order valence-corrected chi connectivity index (χ0v) is 20.9. The summed E-state index contributed by atoms with van der Waals surface area (Å²) in [6, 6.07) is 4.44. The summed E-state index contributed by atoms with van der Waals surface area (Å²) in [5, 5.41) is 14.6. The number of nitrogens with one attached hydrogen (secondary N) is 2. The maximum Gasteiger partial charge on any atom is 0.408 e. The van der Waals surface area contributed by atoms with Gasteiger partial charge in [0.1, 0.15) is 24.2 Å². The molecule has 10 nitrogen and oxygen atoms in total. The minimum absolute atomic E-state index is 0.235. The molecule has 0 aliphatic heterocycles. The average Bonchev–Trinajstić information content (AvgIpc) is 2.65. The fourth-order valence-electron chi connectivity index (χ4n) is 3.37. The Bertz CT molecular complexity index is 961. The molecule has 0 saturated heterocycles. The van der Waals surface area contributed by atoms with Crippen molar-refractivity contribution >= 4 is 23.8 Å². The van der Waals surface area contributed by atoms with E-state index in [2.05, 4.69) is 10.6 Å². The fourth-order valence-corrected chi connectivity index (χ4v) is 3.37. The molecule has 0 aliphatic carbocycles. The molecule has 1 aromatic rings. The highest BCUT2D eigenvalue weighted by atomic mass is 16.6. The van der Waals surface area contributed by atoms with E-state index in [4.69, 9.17) is 10.5 Å². The zero-order chi connectivity index (χ0) is 26.2. The zero-order valence-electron chi connectivity index (χ0n) is 20.9. The predicted octanol–water partition coefficient (Wildman–Crippen LogP) is 1.99. The number of carbonyl (C=O) groups excluding carboxylic acids is 4. The molecule has 2 unspecified atom stereocenters. The molecule has 1 rings (SSSR count). The maximum absolute atomic E-state index is 13.6. The Morgan fingerprint density at radius 3 is 2.24 bits per heavy atom. The molecule has 186 valence electrons. The number of nitrogens with two attached hydrogens (primary N) is 1. The summed E-state index contributed by atoms with van der Waals surface area (Å²) in [5.74, 6) is -2.16. The van der Waals surface area contributed by atoms with Crippen LogP contribution in [0, 0.1) is 25.2 Å². The molecule has 2 atom stereocenters. The standard InChI is InChI=1S/C24H35N5O5/c1-14(2)27-21(31)20(17-9-8-15(3)12-16(17)4)29(11-10-25)22(32)18(13-19(26)30)28-23(33)34-24(5,6)7/h8-9,12,14,18,20H,11,13H2,1-7H3,(H2,26,30)(H,27,31)(H,28,33). The summed E-state index contributed by atoms with van der Waals surface area (Å²) in [4.78, 5) is 51.9. The first kappa shape index (κ1) is 28.4. The van der Waals surface area contributed by atoms with Gasteiger partial charge in [-0.25, -0.2) is 4.79 Å². The number of primary amides is 1. The Balaban J connectivity index is 3.51. The van der Waals surface area contributed by atoms with Crippen molar-refractivity contribution in [3.8, 4) is 6.07 Å². The lowest BCUT2D eigenvalue weighted by Crippen LogP contribution is -2.54. The first-order valence-corrected chi connectivity index (χ1v) is 11.0. The molecule has 0 spiro atoms. The van der Waals surface area contributed by atoms with Crippen LogP contribution in [0.1, 0.15) is 63.8 Å². The van der Waals surface area contributed by atoms with Crippen LogP contribution in [0.4, 0.5) is 4.79 Å². The number of aryl methyl sites for hydroxylation is 2. The number of ether oxygens (including phenoxy) is 1. The summed E-state index contributed by atoms with van der Waals surface area (Å²) in [7, 11) is 0. The number of rotatable bonds is 9. The lowest BCUT2D eigenvalue weighted by Gasteiger charge is -2.33. The molecular weight excluding hydrogens is 438 g/mol. The van der Waals surface area contributed by atoms with Gasteiger partial charge >= 0.3 is 6.09 Å². The van der Waals surface area contributed by atoms with Crippen molar-refractivity contribution < 1.29 is 23.9 Å². The minimum atomic E-state index is -1.43. The molecule has 0 fully saturated rings. The van der Waals surface area contributed by atoms with Crippen molar-refractivity contribution in [3.05, 3.63) is 34.9 Å². The van der Waals surface area contributed by atoms with E-state index in [1.165, 1.54) is 0 Å². The molecule has 0 heterocycles. The SMILES string of the molecule is Cc1ccc(C(C(=O)NC(C)C)N(CC#N)C(=O)C(CC(N)=O)NC(=O)OC(C)(C)C)c(C)c1. The maximum atomic E-state index is 13.6. The minimum Gasteiger partial charge on any atom is -0.444 e. The quantitative estimate of drug-likeness (QED) is 0.466. The van der Waals surface area contributed by atoms with Crippen LogP contribution in [0.25, 0.3) is 0 Å². The molecule has 0 aromatic heterocycles. The average molecular weight is 474 g/mol. The number of alkyl carbamates (subject to hydrolysis) is 1. The van der Waals surface area contributed by atoms with E-state index in [0.717, 1.165) is 16.0 Å². The smallest absolute Gasteiger partial charge is 0.408 e. The molecule has 4 amide bonds. The van der Waals surface area contributed by atoms with Crippen LogP contribution < -0.4 is 16.4 Å². The number of hydrogen-bond donors (Lipinski definition) is 3. The van der Waals surface area contributed by atoms with Crippen molar-refractivity contribution in [3.63, 3.8) is 0 Å². The number of amides is 4. The monoisotopic (exact) mass is 473 g/mol. The van der Waals surface area contributed by atoms with Gasteiger partial charge in [0.2, 0.25) is 17.7 Å². The summed E-state index contributed by atoms with van der Waals surface area (Å²) < 4.78 is 5.20. The van der Waals surface area contributed by atoms with Crippen LogP contribution in [-0.4, -0.2) is 52.9 Å². The van der Waals surface area contributed by atoms with E-state index in [1.807, 2.05) is 19.1 Å². The highest BCUT2D eigenvalue weighted by molar-refractivity contribution is 5.94. The van der Waals surface area contributed by atoms with Crippen LogP contribution in [-0.2, 0) is 19.1 Å². The largest absolute Gasteiger partial charge is 0.444 e. The molecule has 0 aliphatic rings. The van der Waals surface area contributed by atoms with E-state index in [0.29, 0.717) is 5.56 Å². The molecular formula is C24H35N5O5. The Kier molecular flexibility index (Phi) is 10.0. The Morgan fingerprint density at radius 1 is 1.15 bits per heavy atom. The second kappa shape index (κ2) is 12.0. The Labute approximate surface area is 200 Å². The van der Waals surface area contributed by atoms with Crippen LogP contribution >= 0.6 is 0 Å². The third-order valence-corrected chi connectivity index (χ3v) is 4.63. The van der Waals surface area contributed by atoms with Gasteiger partial charge in [0.15, 0.2) is 0 Å².